The molecule has 0 amide bonds. The van der Waals surface area contributed by atoms with E-state index in [-0.39, 0.29) is 0 Å². The molecule has 0 bridgehead atoms. The van der Waals surface area contributed by atoms with Crippen LogP contribution in [0.25, 0.3) is 0 Å². The number of alkyl halides is 3. The van der Waals surface area contributed by atoms with Crippen molar-refractivity contribution < 1.29 is 22.8 Å². The summed E-state index contributed by atoms with van der Waals surface area (Å²) in [6.45, 7) is 0.151. The van der Waals surface area contributed by atoms with Gasteiger partial charge in [-0.1, -0.05) is 5.16 Å². The Morgan fingerprint density at radius 2 is 2.18 bits per heavy atom. The van der Waals surface area contributed by atoms with Gasteiger partial charge in [-0.25, -0.2) is 0 Å². The molecule has 6 heteroatoms. The predicted octanol–water partition coefficient (Wildman–Crippen LogP) is 1.05. The molecule has 0 saturated heterocycles. The number of halogens is 3. The maximum Gasteiger partial charge on any atom is 0.432 e. The molecule has 0 aromatic heterocycles. The number of hydrogen-bond donors (Lipinski definition) is 0. The van der Waals surface area contributed by atoms with Crippen LogP contribution >= 0.6 is 0 Å². The Kier molecular flexibility index (Phi) is 3.56. The molecule has 0 fully saturated rings. The Bertz CT molecular complexity index is 164. The standard InChI is InChI=1S/C5H5F3NO2/c1-4(5(6,7)8)9-11-3-2-10/h3H2,1H3. The summed E-state index contributed by atoms with van der Waals surface area (Å²) in [4.78, 5) is 13.4. The van der Waals surface area contributed by atoms with Crippen molar-refractivity contribution in [3.8, 4) is 0 Å². The number of carbonyl (C=O) groups excluding carboxylic acids is 1. The summed E-state index contributed by atoms with van der Waals surface area (Å²) in [5, 5.41) is 2.61. The lowest BCUT2D eigenvalue weighted by molar-refractivity contribution is -0.0623. The lowest BCUT2D eigenvalue weighted by Gasteiger charge is -2.02. The van der Waals surface area contributed by atoms with E-state index >= 15 is 0 Å². The normalized spacial score (nSPS) is 12.9. The quantitative estimate of drug-likeness (QED) is 0.359. The van der Waals surface area contributed by atoms with E-state index in [9.17, 15) is 18.0 Å². The molecule has 0 aromatic rings. The molecule has 0 atom stereocenters. The Balaban J connectivity index is 3.90. The maximum atomic E-state index is 11.6. The summed E-state index contributed by atoms with van der Waals surface area (Å²) in [6.07, 6.45) is -3.27. The molecule has 11 heavy (non-hydrogen) atoms. The summed E-state index contributed by atoms with van der Waals surface area (Å²) in [5.41, 5.74) is -1.13. The van der Waals surface area contributed by atoms with E-state index in [1.807, 2.05) is 0 Å². The number of hydrogen-bond acceptors (Lipinski definition) is 3. The van der Waals surface area contributed by atoms with Gasteiger partial charge in [0.1, 0.15) is 0 Å². The maximum absolute atomic E-state index is 11.6. The van der Waals surface area contributed by atoms with Crippen molar-refractivity contribution in [1.82, 2.24) is 0 Å². The molecule has 63 valence electrons. The highest BCUT2D eigenvalue weighted by Crippen LogP contribution is 2.16. The Morgan fingerprint density at radius 1 is 1.64 bits per heavy atom. The Hall–Kier alpha value is -1.07. The van der Waals surface area contributed by atoms with Crippen LogP contribution in [-0.4, -0.2) is 24.8 Å². The van der Waals surface area contributed by atoms with Crippen LogP contribution in [-0.2, 0) is 9.63 Å². The van der Waals surface area contributed by atoms with Gasteiger partial charge in [-0.15, -0.1) is 0 Å². The number of nitrogens with zero attached hydrogens (tertiary/aromatic N) is 1. The van der Waals surface area contributed by atoms with Crippen LogP contribution in [0.2, 0.25) is 0 Å². The third-order valence-electron chi connectivity index (χ3n) is 0.735. The molecule has 0 aliphatic heterocycles. The van der Waals surface area contributed by atoms with E-state index in [2.05, 4.69) is 9.99 Å². The highest BCUT2D eigenvalue weighted by molar-refractivity contribution is 5.86. The van der Waals surface area contributed by atoms with Gasteiger partial charge in [0.05, 0.1) is 0 Å². The molecule has 0 heterocycles. The van der Waals surface area contributed by atoms with E-state index in [1.165, 1.54) is 6.29 Å². The molecule has 0 N–H and O–H groups in total. The first-order valence-corrected chi connectivity index (χ1v) is 2.57. The second kappa shape index (κ2) is 3.95. The zero-order chi connectivity index (χ0) is 8.91. The van der Waals surface area contributed by atoms with Gasteiger partial charge < -0.3 is 4.84 Å². The van der Waals surface area contributed by atoms with E-state index in [0.29, 0.717) is 0 Å². The van der Waals surface area contributed by atoms with Crippen molar-refractivity contribution in [3.63, 3.8) is 0 Å². The average molecular weight is 168 g/mol. The van der Waals surface area contributed by atoms with Crippen LogP contribution in [0.4, 0.5) is 13.2 Å². The average Bonchev–Trinajstić information content (AvgIpc) is 1.86. The van der Waals surface area contributed by atoms with Crippen molar-refractivity contribution in [1.29, 1.82) is 0 Å². The first-order chi connectivity index (χ1) is 4.98. The predicted molar refractivity (Wildman–Crippen MR) is 30.8 cm³/mol. The third-order valence-corrected chi connectivity index (χ3v) is 0.735. The summed E-state index contributed by atoms with van der Waals surface area (Å²) in [6, 6.07) is 0. The van der Waals surface area contributed by atoms with Gasteiger partial charge in [0.2, 0.25) is 6.29 Å². The second-order valence-corrected chi connectivity index (χ2v) is 1.59. The van der Waals surface area contributed by atoms with Crippen LogP contribution in [0.1, 0.15) is 6.92 Å². The van der Waals surface area contributed by atoms with Crippen molar-refractivity contribution in [2.75, 3.05) is 6.61 Å². The Morgan fingerprint density at radius 3 is 2.55 bits per heavy atom. The number of oxime groups is 1. The van der Waals surface area contributed by atoms with Gasteiger partial charge in [-0.05, 0) is 6.92 Å². The largest absolute Gasteiger partial charge is 0.432 e. The fourth-order valence-corrected chi connectivity index (χ4v) is 0.207. The fraction of sp³-hybridized carbons (Fsp3) is 0.600. The first kappa shape index (κ1) is 9.93. The molecule has 0 unspecified atom stereocenters. The molecule has 0 rings (SSSR count). The lowest BCUT2D eigenvalue weighted by Crippen LogP contribution is -2.19. The van der Waals surface area contributed by atoms with E-state index in [4.69, 9.17) is 0 Å². The van der Waals surface area contributed by atoms with Crippen molar-refractivity contribution in [3.05, 3.63) is 0 Å². The third kappa shape index (κ3) is 4.35. The van der Waals surface area contributed by atoms with E-state index < -0.39 is 18.5 Å². The summed E-state index contributed by atoms with van der Waals surface area (Å²) in [7, 11) is 0. The monoisotopic (exact) mass is 168 g/mol. The molecule has 0 aliphatic rings. The van der Waals surface area contributed by atoms with Crippen LogP contribution in [0, 0.1) is 0 Å². The van der Waals surface area contributed by atoms with Gasteiger partial charge in [0, 0.05) is 0 Å². The molecular formula is C5H5F3NO2. The molecule has 1 radical (unpaired) electrons. The van der Waals surface area contributed by atoms with Crippen molar-refractivity contribution in [2.45, 2.75) is 13.1 Å². The molecule has 3 nitrogen and oxygen atoms in total. The molecule has 0 aliphatic carbocycles. The van der Waals surface area contributed by atoms with Crippen molar-refractivity contribution >= 4 is 12.0 Å². The van der Waals surface area contributed by atoms with E-state index in [1.54, 1.807) is 0 Å². The SMILES string of the molecule is CC(=NOC[C]=O)C(F)(F)F. The van der Waals surface area contributed by atoms with Gasteiger partial charge in [0.25, 0.3) is 0 Å². The smallest absolute Gasteiger partial charge is 0.387 e. The van der Waals surface area contributed by atoms with Crippen LogP contribution in [0.5, 0.6) is 0 Å². The van der Waals surface area contributed by atoms with E-state index in [0.717, 1.165) is 6.92 Å². The first-order valence-electron chi connectivity index (χ1n) is 2.57. The lowest BCUT2D eigenvalue weighted by atomic mass is 10.4. The van der Waals surface area contributed by atoms with Gasteiger partial charge >= 0.3 is 6.18 Å². The minimum Gasteiger partial charge on any atom is -0.387 e. The molecule has 0 spiro atoms. The zero-order valence-corrected chi connectivity index (χ0v) is 5.60. The highest BCUT2D eigenvalue weighted by Gasteiger charge is 2.32. The van der Waals surface area contributed by atoms with Gasteiger partial charge in [-0.3, -0.25) is 4.79 Å². The molecule has 0 aromatic carbocycles. The van der Waals surface area contributed by atoms with Crippen LogP contribution in [0.3, 0.4) is 0 Å². The fourth-order valence-electron chi connectivity index (χ4n) is 0.207. The van der Waals surface area contributed by atoms with Crippen LogP contribution in [0.15, 0.2) is 5.16 Å². The highest BCUT2D eigenvalue weighted by atomic mass is 19.4. The van der Waals surface area contributed by atoms with Crippen LogP contribution < -0.4 is 0 Å². The summed E-state index contributed by atoms with van der Waals surface area (Å²) in [5.74, 6) is 0. The van der Waals surface area contributed by atoms with Gasteiger partial charge in [-0.2, -0.15) is 13.2 Å². The molecule has 0 saturated carbocycles. The zero-order valence-electron chi connectivity index (χ0n) is 5.60. The molecular weight excluding hydrogens is 163 g/mol. The second-order valence-electron chi connectivity index (χ2n) is 1.59. The Labute approximate surface area is 60.8 Å². The van der Waals surface area contributed by atoms with Gasteiger partial charge in [0.15, 0.2) is 12.3 Å². The summed E-state index contributed by atoms with van der Waals surface area (Å²) >= 11 is 0. The van der Waals surface area contributed by atoms with Crippen molar-refractivity contribution in [2.24, 2.45) is 5.16 Å². The number of rotatable bonds is 3. The summed E-state index contributed by atoms with van der Waals surface area (Å²) < 4.78 is 34.7. The minimum atomic E-state index is -4.50. The minimum absolute atomic E-state index is 0.590. The topological polar surface area (TPSA) is 38.7 Å².